The van der Waals surface area contributed by atoms with Gasteiger partial charge >= 0.3 is 0 Å². The van der Waals surface area contributed by atoms with Crippen molar-refractivity contribution in [3.05, 3.63) is 47.9 Å². The molecule has 2 aliphatic carbocycles. The Morgan fingerprint density at radius 3 is 2.73 bits per heavy atom. The van der Waals surface area contributed by atoms with Crippen LogP contribution in [-0.4, -0.2) is 34.7 Å². The van der Waals surface area contributed by atoms with Gasteiger partial charge in [0.2, 0.25) is 0 Å². The zero-order chi connectivity index (χ0) is 20.3. The molecule has 1 aromatic carbocycles. The first-order chi connectivity index (χ1) is 14.8. The van der Waals surface area contributed by atoms with E-state index in [-0.39, 0.29) is 11.9 Å². The second-order valence-electron chi connectivity index (χ2n) is 8.78. The number of amides is 1. The topological polar surface area (TPSA) is 70.5 Å². The Morgan fingerprint density at radius 1 is 1.07 bits per heavy atom. The number of nitrogens with zero attached hydrogens (tertiary/aromatic N) is 4. The number of anilines is 1. The molecule has 0 spiro atoms. The fraction of sp³-hybridized carbons (Fsp3) is 0.500. The highest BCUT2D eigenvalue weighted by Crippen LogP contribution is 2.35. The molecule has 0 radical (unpaired) electrons. The van der Waals surface area contributed by atoms with Gasteiger partial charge in [-0.25, -0.2) is 9.97 Å². The molecule has 3 aliphatic rings. The van der Waals surface area contributed by atoms with Gasteiger partial charge in [-0.15, -0.1) is 0 Å². The number of carbonyl (C=O) groups is 1. The Kier molecular flexibility index (Phi) is 5.47. The van der Waals surface area contributed by atoms with Crippen LogP contribution in [0.1, 0.15) is 73.5 Å². The summed E-state index contributed by atoms with van der Waals surface area (Å²) in [4.78, 5) is 28.8. The molecule has 2 aromatic rings. The molecular weight excluding hydrogens is 374 g/mol. The van der Waals surface area contributed by atoms with Crippen molar-refractivity contribution in [2.45, 2.75) is 63.5 Å². The maximum atomic E-state index is 13.0. The quantitative estimate of drug-likeness (QED) is 0.765. The highest BCUT2D eigenvalue weighted by atomic mass is 16.1. The number of aromatic nitrogens is 2. The Morgan fingerprint density at radius 2 is 1.90 bits per heavy atom. The van der Waals surface area contributed by atoms with Crippen molar-refractivity contribution >= 4 is 23.6 Å². The maximum Gasteiger partial charge on any atom is 0.270 e. The van der Waals surface area contributed by atoms with Crippen molar-refractivity contribution in [3.63, 3.8) is 0 Å². The molecule has 2 heterocycles. The highest BCUT2D eigenvalue weighted by Gasteiger charge is 2.30. The lowest BCUT2D eigenvalue weighted by Gasteiger charge is -2.35. The van der Waals surface area contributed by atoms with Crippen LogP contribution in [0.3, 0.4) is 0 Å². The van der Waals surface area contributed by atoms with Gasteiger partial charge in [0.15, 0.2) is 0 Å². The third kappa shape index (κ3) is 4.23. The molecule has 1 unspecified atom stereocenters. The van der Waals surface area contributed by atoms with Crippen LogP contribution in [0.4, 0.5) is 11.5 Å². The van der Waals surface area contributed by atoms with E-state index < -0.39 is 0 Å². The number of fused-ring (bicyclic) bond motifs is 1. The molecule has 6 heteroatoms. The Bertz CT molecular complexity index is 933. The Hall–Kier alpha value is -2.76. The predicted molar refractivity (Wildman–Crippen MR) is 118 cm³/mol. The molecule has 1 aromatic heterocycles. The molecule has 30 heavy (non-hydrogen) atoms. The third-order valence-electron chi connectivity index (χ3n) is 6.54. The van der Waals surface area contributed by atoms with Crippen LogP contribution < -0.4 is 10.2 Å². The normalized spacial score (nSPS) is 21.1. The van der Waals surface area contributed by atoms with Gasteiger partial charge in [-0.2, -0.15) is 0 Å². The molecule has 1 atom stereocenters. The minimum Gasteiger partial charge on any atom is -0.353 e. The zero-order valence-electron chi connectivity index (χ0n) is 17.3. The lowest BCUT2D eigenvalue weighted by atomic mass is 9.94. The van der Waals surface area contributed by atoms with E-state index in [2.05, 4.69) is 25.2 Å². The number of benzene rings is 1. The molecule has 0 saturated heterocycles. The van der Waals surface area contributed by atoms with E-state index in [9.17, 15) is 4.79 Å². The SMILES string of the molecule is O=C(NC1CC=Nc2ccccc21)c1cc(N(CC2CC2)C2CCCCC2)ncn1. The third-order valence-corrected chi connectivity index (χ3v) is 6.54. The summed E-state index contributed by atoms with van der Waals surface area (Å²) in [6, 6.07) is 10.3. The van der Waals surface area contributed by atoms with Crippen molar-refractivity contribution in [3.8, 4) is 0 Å². The number of carbonyl (C=O) groups excluding carboxylic acids is 1. The van der Waals surface area contributed by atoms with Gasteiger partial charge in [-0.3, -0.25) is 9.79 Å². The number of rotatable bonds is 6. The fourth-order valence-corrected chi connectivity index (χ4v) is 4.68. The average Bonchev–Trinajstić information content (AvgIpc) is 3.63. The average molecular weight is 404 g/mol. The first-order valence-corrected chi connectivity index (χ1v) is 11.3. The molecule has 1 amide bonds. The molecule has 156 valence electrons. The zero-order valence-corrected chi connectivity index (χ0v) is 17.3. The summed E-state index contributed by atoms with van der Waals surface area (Å²) in [7, 11) is 0. The first kappa shape index (κ1) is 19.2. The summed E-state index contributed by atoms with van der Waals surface area (Å²) < 4.78 is 0. The van der Waals surface area contributed by atoms with Crippen LogP contribution in [0, 0.1) is 5.92 Å². The lowest BCUT2D eigenvalue weighted by molar-refractivity contribution is 0.0932. The Labute approximate surface area is 177 Å². The summed E-state index contributed by atoms with van der Waals surface area (Å²) in [5.74, 6) is 1.53. The molecule has 2 saturated carbocycles. The molecule has 1 aliphatic heterocycles. The molecule has 5 rings (SSSR count). The van der Waals surface area contributed by atoms with E-state index in [4.69, 9.17) is 0 Å². The lowest BCUT2D eigenvalue weighted by Crippen LogP contribution is -2.39. The number of hydrogen-bond acceptors (Lipinski definition) is 5. The number of hydrogen-bond donors (Lipinski definition) is 1. The maximum absolute atomic E-state index is 13.0. The number of aliphatic imine (C=N–C) groups is 1. The van der Waals surface area contributed by atoms with E-state index in [0.29, 0.717) is 18.2 Å². The van der Waals surface area contributed by atoms with Gasteiger partial charge in [-0.1, -0.05) is 37.5 Å². The predicted octanol–water partition coefficient (Wildman–Crippen LogP) is 4.60. The van der Waals surface area contributed by atoms with Crippen LogP contribution in [-0.2, 0) is 0 Å². The van der Waals surface area contributed by atoms with Gasteiger partial charge in [0.05, 0.1) is 11.7 Å². The monoisotopic (exact) mass is 403 g/mol. The second-order valence-corrected chi connectivity index (χ2v) is 8.78. The van der Waals surface area contributed by atoms with E-state index in [1.54, 1.807) is 6.33 Å². The summed E-state index contributed by atoms with van der Waals surface area (Å²) in [6.07, 6.45) is 13.1. The molecule has 1 N–H and O–H groups in total. The number of para-hydroxylation sites is 1. The first-order valence-electron chi connectivity index (χ1n) is 11.3. The summed E-state index contributed by atoms with van der Waals surface area (Å²) in [5.41, 5.74) is 2.42. The molecule has 6 nitrogen and oxygen atoms in total. The minimum absolute atomic E-state index is 0.0782. The molecule has 0 bridgehead atoms. The van der Waals surface area contributed by atoms with Gasteiger partial charge in [0.25, 0.3) is 5.91 Å². The van der Waals surface area contributed by atoms with E-state index in [1.165, 1.54) is 44.9 Å². The largest absolute Gasteiger partial charge is 0.353 e. The number of nitrogens with one attached hydrogen (secondary N) is 1. The van der Waals surface area contributed by atoms with Crippen molar-refractivity contribution in [1.29, 1.82) is 0 Å². The fourth-order valence-electron chi connectivity index (χ4n) is 4.68. The summed E-state index contributed by atoms with van der Waals surface area (Å²) >= 11 is 0. The minimum atomic E-state index is -0.149. The van der Waals surface area contributed by atoms with Crippen molar-refractivity contribution in [2.75, 3.05) is 11.4 Å². The van der Waals surface area contributed by atoms with Crippen LogP contribution in [0.5, 0.6) is 0 Å². The van der Waals surface area contributed by atoms with Crippen molar-refractivity contribution in [1.82, 2.24) is 15.3 Å². The highest BCUT2D eigenvalue weighted by molar-refractivity contribution is 5.93. The standard InChI is InChI=1S/C24H29N5O/c30-24(28-21-12-13-25-20-9-5-4-8-19(20)21)22-14-23(27-16-26-22)29(15-17-10-11-17)18-6-2-1-3-7-18/h4-5,8-9,13-14,16-18,21H,1-3,6-7,10-12,15H2,(H,28,30). The van der Waals surface area contributed by atoms with Crippen molar-refractivity contribution < 1.29 is 4.79 Å². The molecule has 2 fully saturated rings. The van der Waals surface area contributed by atoms with E-state index in [1.807, 2.05) is 36.5 Å². The van der Waals surface area contributed by atoms with Gasteiger partial charge in [-0.05, 0) is 37.7 Å². The van der Waals surface area contributed by atoms with Gasteiger partial charge < -0.3 is 10.2 Å². The van der Waals surface area contributed by atoms with E-state index in [0.717, 1.165) is 29.5 Å². The van der Waals surface area contributed by atoms with Crippen LogP contribution in [0.2, 0.25) is 0 Å². The smallest absolute Gasteiger partial charge is 0.270 e. The van der Waals surface area contributed by atoms with Gasteiger partial charge in [0, 0.05) is 36.9 Å². The van der Waals surface area contributed by atoms with Crippen LogP contribution in [0.15, 0.2) is 41.7 Å². The second kappa shape index (κ2) is 8.54. The van der Waals surface area contributed by atoms with E-state index >= 15 is 0 Å². The summed E-state index contributed by atoms with van der Waals surface area (Å²) in [5, 5.41) is 3.15. The van der Waals surface area contributed by atoms with Crippen LogP contribution >= 0.6 is 0 Å². The molecular formula is C24H29N5O. The Balaban J connectivity index is 1.34. The van der Waals surface area contributed by atoms with Crippen LogP contribution in [0.25, 0.3) is 0 Å². The van der Waals surface area contributed by atoms with Gasteiger partial charge in [0.1, 0.15) is 17.8 Å². The summed E-state index contributed by atoms with van der Waals surface area (Å²) in [6.45, 7) is 1.05. The van der Waals surface area contributed by atoms with Crippen molar-refractivity contribution in [2.24, 2.45) is 10.9 Å².